The van der Waals surface area contributed by atoms with Crippen molar-refractivity contribution in [1.82, 2.24) is 5.32 Å². The maximum Gasteiger partial charge on any atom is 0.0595 e. The Kier molecular flexibility index (Phi) is 6.48. The van der Waals surface area contributed by atoms with Gasteiger partial charge in [-0.05, 0) is 42.5 Å². The maximum atomic E-state index is 6.09. The van der Waals surface area contributed by atoms with Gasteiger partial charge in [0.05, 0.1) is 10.0 Å². The molecule has 2 unspecified atom stereocenters. The summed E-state index contributed by atoms with van der Waals surface area (Å²) < 4.78 is 0. The third kappa shape index (κ3) is 4.15. The molecule has 1 N–H and O–H groups in total. The number of benzene rings is 1. The molecule has 1 rings (SSSR count). The molecule has 0 bridgehead atoms. The van der Waals surface area contributed by atoms with Crippen LogP contribution in [-0.2, 0) is 0 Å². The molecule has 1 nitrogen and oxygen atoms in total. The molecule has 3 heteroatoms. The quantitative estimate of drug-likeness (QED) is 0.766. The maximum absolute atomic E-state index is 6.09. The van der Waals surface area contributed by atoms with Crippen molar-refractivity contribution in [3.05, 3.63) is 33.8 Å². The van der Waals surface area contributed by atoms with E-state index in [1.165, 1.54) is 5.56 Å². The fourth-order valence-electron chi connectivity index (χ4n) is 2.30. The van der Waals surface area contributed by atoms with Gasteiger partial charge in [0.25, 0.3) is 0 Å². The molecule has 0 aromatic heterocycles. The highest BCUT2D eigenvalue weighted by Gasteiger charge is 2.21. The van der Waals surface area contributed by atoms with Crippen molar-refractivity contribution in [2.24, 2.45) is 5.92 Å². The van der Waals surface area contributed by atoms with Crippen LogP contribution >= 0.6 is 23.2 Å². The summed E-state index contributed by atoms with van der Waals surface area (Å²) in [5.41, 5.74) is 1.24. The van der Waals surface area contributed by atoms with Crippen LogP contribution in [-0.4, -0.2) is 12.6 Å². The van der Waals surface area contributed by atoms with Gasteiger partial charge in [0, 0.05) is 6.04 Å². The third-order valence-electron chi connectivity index (χ3n) is 3.36. The van der Waals surface area contributed by atoms with Crippen LogP contribution in [0.5, 0.6) is 0 Å². The van der Waals surface area contributed by atoms with Gasteiger partial charge in [0.2, 0.25) is 0 Å². The molecule has 0 spiro atoms. The molecule has 0 fully saturated rings. The second-order valence-electron chi connectivity index (χ2n) is 5.19. The SMILES string of the molecule is CCCNC(C(C)C)C(C)c1ccc(Cl)c(Cl)c1. The molecular weight excluding hydrogens is 265 g/mol. The Morgan fingerprint density at radius 1 is 1.11 bits per heavy atom. The van der Waals surface area contributed by atoms with Crippen molar-refractivity contribution in [1.29, 1.82) is 0 Å². The van der Waals surface area contributed by atoms with Crippen molar-refractivity contribution < 1.29 is 0 Å². The first-order valence-electron chi connectivity index (χ1n) is 6.65. The zero-order valence-corrected chi connectivity index (χ0v) is 13.1. The largest absolute Gasteiger partial charge is 0.313 e. The number of halogens is 2. The molecule has 0 radical (unpaired) electrons. The predicted octanol–water partition coefficient (Wildman–Crippen LogP) is 5.12. The number of rotatable bonds is 6. The summed E-state index contributed by atoms with van der Waals surface area (Å²) in [6, 6.07) is 6.40. The molecule has 2 atom stereocenters. The Hall–Kier alpha value is -0.240. The van der Waals surface area contributed by atoms with E-state index < -0.39 is 0 Å². The van der Waals surface area contributed by atoms with Gasteiger partial charge >= 0.3 is 0 Å². The van der Waals surface area contributed by atoms with E-state index in [-0.39, 0.29) is 0 Å². The smallest absolute Gasteiger partial charge is 0.0595 e. The highest BCUT2D eigenvalue weighted by molar-refractivity contribution is 6.42. The highest BCUT2D eigenvalue weighted by Crippen LogP contribution is 2.29. The molecule has 1 aromatic carbocycles. The van der Waals surface area contributed by atoms with E-state index in [9.17, 15) is 0 Å². The predicted molar refractivity (Wildman–Crippen MR) is 81.8 cm³/mol. The van der Waals surface area contributed by atoms with Crippen LogP contribution < -0.4 is 5.32 Å². The molecule has 0 aliphatic heterocycles. The number of nitrogens with one attached hydrogen (secondary N) is 1. The molecule has 0 saturated heterocycles. The zero-order chi connectivity index (χ0) is 13.7. The minimum absolute atomic E-state index is 0.423. The Morgan fingerprint density at radius 2 is 1.78 bits per heavy atom. The first-order chi connectivity index (χ1) is 8.47. The van der Waals surface area contributed by atoms with Crippen molar-refractivity contribution in [2.45, 2.75) is 46.1 Å². The molecule has 1 aromatic rings. The molecule has 18 heavy (non-hydrogen) atoms. The van der Waals surface area contributed by atoms with E-state index >= 15 is 0 Å². The molecule has 0 aliphatic rings. The Morgan fingerprint density at radius 3 is 2.28 bits per heavy atom. The van der Waals surface area contributed by atoms with Gasteiger partial charge in [0.15, 0.2) is 0 Å². The Labute approximate surface area is 121 Å². The van der Waals surface area contributed by atoms with E-state index in [4.69, 9.17) is 23.2 Å². The van der Waals surface area contributed by atoms with Crippen LogP contribution in [0.3, 0.4) is 0 Å². The molecule has 0 aliphatic carbocycles. The van der Waals surface area contributed by atoms with Gasteiger partial charge in [-0.1, -0.05) is 57.0 Å². The Bertz CT molecular complexity index is 377. The van der Waals surface area contributed by atoms with Gasteiger partial charge in [-0.2, -0.15) is 0 Å². The second kappa shape index (κ2) is 7.37. The summed E-state index contributed by atoms with van der Waals surface area (Å²) in [5.74, 6) is 1.01. The van der Waals surface area contributed by atoms with E-state index in [0.717, 1.165) is 13.0 Å². The van der Waals surface area contributed by atoms with Crippen molar-refractivity contribution in [3.8, 4) is 0 Å². The lowest BCUT2D eigenvalue weighted by molar-refractivity contribution is 0.354. The average Bonchev–Trinajstić information content (AvgIpc) is 2.32. The van der Waals surface area contributed by atoms with Crippen molar-refractivity contribution in [3.63, 3.8) is 0 Å². The fourth-order valence-corrected chi connectivity index (χ4v) is 2.61. The third-order valence-corrected chi connectivity index (χ3v) is 4.10. The Balaban J connectivity index is 2.87. The molecular formula is C15H23Cl2N. The normalized spacial score (nSPS) is 14.8. The molecule has 0 saturated carbocycles. The van der Waals surface area contributed by atoms with Crippen LogP contribution in [0.15, 0.2) is 18.2 Å². The summed E-state index contributed by atoms with van der Waals surface area (Å²) in [6.07, 6.45) is 1.15. The summed E-state index contributed by atoms with van der Waals surface area (Å²) in [6.45, 7) is 9.98. The average molecular weight is 288 g/mol. The van der Waals surface area contributed by atoms with Gasteiger partial charge in [-0.3, -0.25) is 0 Å². The minimum Gasteiger partial charge on any atom is -0.313 e. The van der Waals surface area contributed by atoms with Crippen molar-refractivity contribution >= 4 is 23.2 Å². The van der Waals surface area contributed by atoms with Gasteiger partial charge in [0.1, 0.15) is 0 Å². The van der Waals surface area contributed by atoms with Crippen LogP contribution in [0.1, 0.15) is 45.6 Å². The first-order valence-corrected chi connectivity index (χ1v) is 7.41. The fraction of sp³-hybridized carbons (Fsp3) is 0.600. The van der Waals surface area contributed by atoms with Crippen LogP contribution in [0.25, 0.3) is 0 Å². The second-order valence-corrected chi connectivity index (χ2v) is 6.00. The summed E-state index contributed by atoms with van der Waals surface area (Å²) in [5, 5.41) is 4.88. The number of hydrogen-bond acceptors (Lipinski definition) is 1. The number of hydrogen-bond donors (Lipinski definition) is 1. The summed E-state index contributed by atoms with van der Waals surface area (Å²) in [4.78, 5) is 0. The van der Waals surface area contributed by atoms with Crippen LogP contribution in [0, 0.1) is 5.92 Å². The first kappa shape index (κ1) is 15.8. The molecule has 102 valence electrons. The van der Waals surface area contributed by atoms with E-state index in [2.05, 4.69) is 39.1 Å². The minimum atomic E-state index is 0.423. The van der Waals surface area contributed by atoms with Gasteiger partial charge < -0.3 is 5.32 Å². The van der Waals surface area contributed by atoms with Gasteiger partial charge in [-0.15, -0.1) is 0 Å². The molecule has 0 heterocycles. The van der Waals surface area contributed by atoms with Gasteiger partial charge in [-0.25, -0.2) is 0 Å². The zero-order valence-electron chi connectivity index (χ0n) is 11.6. The van der Waals surface area contributed by atoms with E-state index in [0.29, 0.717) is 27.9 Å². The summed E-state index contributed by atoms with van der Waals surface area (Å²) in [7, 11) is 0. The molecule has 0 amide bonds. The topological polar surface area (TPSA) is 12.0 Å². The van der Waals surface area contributed by atoms with E-state index in [1.807, 2.05) is 12.1 Å². The lowest BCUT2D eigenvalue weighted by Crippen LogP contribution is -2.38. The van der Waals surface area contributed by atoms with Crippen LogP contribution in [0.4, 0.5) is 0 Å². The monoisotopic (exact) mass is 287 g/mol. The standard InChI is InChI=1S/C15H23Cl2N/c1-5-8-18-15(10(2)3)11(4)12-6-7-13(16)14(17)9-12/h6-7,9-11,15,18H,5,8H2,1-4H3. The summed E-state index contributed by atoms with van der Waals surface area (Å²) >= 11 is 12.1. The lowest BCUT2D eigenvalue weighted by Gasteiger charge is -2.29. The van der Waals surface area contributed by atoms with Crippen LogP contribution in [0.2, 0.25) is 10.0 Å². The lowest BCUT2D eigenvalue weighted by atomic mass is 9.86. The van der Waals surface area contributed by atoms with E-state index in [1.54, 1.807) is 0 Å². The van der Waals surface area contributed by atoms with Crippen molar-refractivity contribution in [2.75, 3.05) is 6.54 Å². The highest BCUT2D eigenvalue weighted by atomic mass is 35.5.